The highest BCUT2D eigenvalue weighted by molar-refractivity contribution is 5.78. The van der Waals surface area contributed by atoms with E-state index in [-0.39, 0.29) is 18.6 Å². The minimum atomic E-state index is 0.0863. The molecule has 1 aliphatic rings. The first-order valence-corrected chi connectivity index (χ1v) is 7.36. The van der Waals surface area contributed by atoms with E-state index in [1.165, 1.54) is 5.56 Å². The molecule has 0 aliphatic carbocycles. The van der Waals surface area contributed by atoms with Gasteiger partial charge in [-0.25, -0.2) is 0 Å². The lowest BCUT2D eigenvalue weighted by molar-refractivity contribution is -0.136. The SMILES string of the molecule is CCOCC(=O)N1CCCC1c1ccc(OCC)cc1. The van der Waals surface area contributed by atoms with Gasteiger partial charge in [0.2, 0.25) is 5.91 Å². The summed E-state index contributed by atoms with van der Waals surface area (Å²) >= 11 is 0. The van der Waals surface area contributed by atoms with E-state index in [9.17, 15) is 4.79 Å². The highest BCUT2D eigenvalue weighted by Crippen LogP contribution is 2.32. The van der Waals surface area contributed by atoms with Gasteiger partial charge >= 0.3 is 0 Å². The molecular formula is C16H23NO3. The maximum absolute atomic E-state index is 12.1. The molecule has 1 aliphatic heterocycles. The zero-order chi connectivity index (χ0) is 14.4. The van der Waals surface area contributed by atoms with Gasteiger partial charge in [-0.3, -0.25) is 4.79 Å². The molecule has 4 nitrogen and oxygen atoms in total. The van der Waals surface area contributed by atoms with Gasteiger partial charge in [0.1, 0.15) is 12.4 Å². The molecule has 1 amide bonds. The van der Waals surface area contributed by atoms with E-state index < -0.39 is 0 Å². The number of rotatable bonds is 6. The molecule has 0 N–H and O–H groups in total. The first-order valence-electron chi connectivity index (χ1n) is 7.36. The van der Waals surface area contributed by atoms with Crippen LogP contribution in [0.15, 0.2) is 24.3 Å². The van der Waals surface area contributed by atoms with Crippen molar-refractivity contribution in [2.75, 3.05) is 26.4 Å². The number of carbonyl (C=O) groups excluding carboxylic acids is 1. The van der Waals surface area contributed by atoms with Crippen LogP contribution in [0.4, 0.5) is 0 Å². The third-order valence-electron chi connectivity index (χ3n) is 3.58. The molecule has 0 spiro atoms. The van der Waals surface area contributed by atoms with Gasteiger partial charge in [-0.15, -0.1) is 0 Å². The fraction of sp³-hybridized carbons (Fsp3) is 0.562. The van der Waals surface area contributed by atoms with Crippen LogP contribution in [0.1, 0.15) is 38.3 Å². The van der Waals surface area contributed by atoms with Crippen molar-refractivity contribution < 1.29 is 14.3 Å². The third kappa shape index (κ3) is 3.51. The third-order valence-corrected chi connectivity index (χ3v) is 3.58. The van der Waals surface area contributed by atoms with Crippen molar-refractivity contribution in [3.05, 3.63) is 29.8 Å². The molecule has 2 rings (SSSR count). The molecule has 0 radical (unpaired) electrons. The van der Waals surface area contributed by atoms with Crippen molar-refractivity contribution in [2.24, 2.45) is 0 Å². The number of amides is 1. The lowest BCUT2D eigenvalue weighted by Crippen LogP contribution is -2.33. The van der Waals surface area contributed by atoms with Crippen molar-refractivity contribution in [3.8, 4) is 5.75 Å². The van der Waals surface area contributed by atoms with Crippen molar-refractivity contribution in [2.45, 2.75) is 32.7 Å². The Labute approximate surface area is 120 Å². The van der Waals surface area contributed by atoms with E-state index in [1.807, 2.05) is 30.9 Å². The van der Waals surface area contributed by atoms with Crippen LogP contribution in [0, 0.1) is 0 Å². The van der Waals surface area contributed by atoms with E-state index in [0.717, 1.165) is 25.1 Å². The summed E-state index contributed by atoms with van der Waals surface area (Å²) in [5, 5.41) is 0. The van der Waals surface area contributed by atoms with E-state index in [4.69, 9.17) is 9.47 Å². The van der Waals surface area contributed by atoms with Gasteiger partial charge in [-0.05, 0) is 44.4 Å². The fourth-order valence-electron chi connectivity index (χ4n) is 2.64. The Morgan fingerprint density at radius 1 is 1.25 bits per heavy atom. The van der Waals surface area contributed by atoms with Crippen LogP contribution in [-0.4, -0.2) is 37.2 Å². The van der Waals surface area contributed by atoms with Crippen LogP contribution in [0.3, 0.4) is 0 Å². The van der Waals surface area contributed by atoms with Gasteiger partial charge in [-0.2, -0.15) is 0 Å². The van der Waals surface area contributed by atoms with E-state index in [2.05, 4.69) is 12.1 Å². The van der Waals surface area contributed by atoms with Crippen LogP contribution in [-0.2, 0) is 9.53 Å². The second-order valence-corrected chi connectivity index (χ2v) is 4.88. The Balaban J connectivity index is 2.04. The zero-order valence-corrected chi connectivity index (χ0v) is 12.3. The van der Waals surface area contributed by atoms with Crippen molar-refractivity contribution in [3.63, 3.8) is 0 Å². The Kier molecular flexibility index (Phi) is 5.41. The Morgan fingerprint density at radius 3 is 2.65 bits per heavy atom. The van der Waals surface area contributed by atoms with E-state index in [1.54, 1.807) is 0 Å². The Hall–Kier alpha value is -1.55. The molecule has 0 bridgehead atoms. The predicted molar refractivity (Wildman–Crippen MR) is 77.8 cm³/mol. The van der Waals surface area contributed by atoms with Crippen molar-refractivity contribution in [1.82, 2.24) is 4.90 Å². The molecule has 1 unspecified atom stereocenters. The number of likely N-dealkylation sites (tertiary alicyclic amines) is 1. The number of nitrogens with zero attached hydrogens (tertiary/aromatic N) is 1. The monoisotopic (exact) mass is 277 g/mol. The summed E-state index contributed by atoms with van der Waals surface area (Å²) in [6, 6.07) is 8.24. The molecule has 1 heterocycles. The average molecular weight is 277 g/mol. The molecule has 1 aromatic rings. The summed E-state index contributed by atoms with van der Waals surface area (Å²) in [6.45, 7) is 6.13. The summed E-state index contributed by atoms with van der Waals surface area (Å²) in [5.74, 6) is 0.963. The summed E-state index contributed by atoms with van der Waals surface area (Å²) in [4.78, 5) is 14.1. The highest BCUT2D eigenvalue weighted by atomic mass is 16.5. The average Bonchev–Trinajstić information content (AvgIpc) is 2.95. The first-order chi connectivity index (χ1) is 9.76. The molecule has 1 atom stereocenters. The molecule has 1 saturated heterocycles. The minimum absolute atomic E-state index is 0.0863. The Morgan fingerprint density at radius 2 is 2.00 bits per heavy atom. The number of carbonyl (C=O) groups is 1. The fourth-order valence-corrected chi connectivity index (χ4v) is 2.64. The molecule has 0 saturated carbocycles. The number of hydrogen-bond donors (Lipinski definition) is 0. The number of hydrogen-bond acceptors (Lipinski definition) is 3. The van der Waals surface area contributed by atoms with E-state index >= 15 is 0 Å². The van der Waals surface area contributed by atoms with Gasteiger partial charge in [0.25, 0.3) is 0 Å². The molecule has 20 heavy (non-hydrogen) atoms. The smallest absolute Gasteiger partial charge is 0.249 e. The van der Waals surface area contributed by atoms with Crippen molar-refractivity contribution >= 4 is 5.91 Å². The molecule has 1 fully saturated rings. The van der Waals surface area contributed by atoms with Crippen molar-refractivity contribution in [1.29, 1.82) is 0 Å². The molecule has 1 aromatic carbocycles. The zero-order valence-electron chi connectivity index (χ0n) is 12.3. The lowest BCUT2D eigenvalue weighted by Gasteiger charge is -2.25. The molecule has 4 heteroatoms. The summed E-state index contributed by atoms with van der Waals surface area (Å²) in [5.41, 5.74) is 1.18. The van der Waals surface area contributed by atoms with Crippen LogP contribution in [0.2, 0.25) is 0 Å². The topological polar surface area (TPSA) is 38.8 Å². The number of benzene rings is 1. The molecule has 110 valence electrons. The van der Waals surface area contributed by atoms with Gasteiger partial charge in [0.05, 0.1) is 12.6 Å². The second kappa shape index (κ2) is 7.29. The summed E-state index contributed by atoms with van der Waals surface area (Å²) in [7, 11) is 0. The largest absolute Gasteiger partial charge is 0.494 e. The lowest BCUT2D eigenvalue weighted by atomic mass is 10.0. The highest BCUT2D eigenvalue weighted by Gasteiger charge is 2.29. The van der Waals surface area contributed by atoms with Gasteiger partial charge < -0.3 is 14.4 Å². The maximum atomic E-state index is 12.1. The van der Waals surface area contributed by atoms with Crippen LogP contribution in [0.25, 0.3) is 0 Å². The number of ether oxygens (including phenoxy) is 2. The van der Waals surface area contributed by atoms with Crippen LogP contribution in [0.5, 0.6) is 5.75 Å². The maximum Gasteiger partial charge on any atom is 0.249 e. The first kappa shape index (κ1) is 14.9. The minimum Gasteiger partial charge on any atom is -0.494 e. The van der Waals surface area contributed by atoms with Gasteiger partial charge in [0, 0.05) is 13.2 Å². The summed E-state index contributed by atoms with van der Waals surface area (Å²) in [6.07, 6.45) is 2.07. The molecule has 0 aromatic heterocycles. The summed E-state index contributed by atoms with van der Waals surface area (Å²) < 4.78 is 10.7. The van der Waals surface area contributed by atoms with E-state index in [0.29, 0.717) is 13.2 Å². The van der Waals surface area contributed by atoms with Crippen LogP contribution >= 0.6 is 0 Å². The van der Waals surface area contributed by atoms with Gasteiger partial charge in [0.15, 0.2) is 0 Å². The Bertz CT molecular complexity index is 430. The second-order valence-electron chi connectivity index (χ2n) is 4.88. The molecular weight excluding hydrogens is 254 g/mol. The normalized spacial score (nSPS) is 18.3. The predicted octanol–water partition coefficient (Wildman–Crippen LogP) is 2.79. The standard InChI is InChI=1S/C16H23NO3/c1-3-19-12-16(18)17-11-5-6-15(17)13-7-9-14(10-8-13)20-4-2/h7-10,15H,3-6,11-12H2,1-2H3. The van der Waals surface area contributed by atoms with Crippen LogP contribution < -0.4 is 4.74 Å². The van der Waals surface area contributed by atoms with Gasteiger partial charge in [-0.1, -0.05) is 12.1 Å². The quantitative estimate of drug-likeness (QED) is 0.802.